The molecule has 1 aromatic rings. The predicted molar refractivity (Wildman–Crippen MR) is 52.0 cm³/mol. The molecule has 0 heterocycles. The largest absolute Gasteiger partial charge is 0.323 e. The van der Waals surface area contributed by atoms with Gasteiger partial charge >= 0.3 is 0 Å². The summed E-state index contributed by atoms with van der Waals surface area (Å²) in [6.45, 7) is 3.64. The molecule has 12 heavy (non-hydrogen) atoms. The van der Waals surface area contributed by atoms with Gasteiger partial charge in [0.1, 0.15) is 0 Å². The van der Waals surface area contributed by atoms with Crippen molar-refractivity contribution in [3.63, 3.8) is 0 Å². The highest BCUT2D eigenvalue weighted by Crippen LogP contribution is 2.03. The van der Waals surface area contributed by atoms with Crippen LogP contribution >= 0.6 is 0 Å². The van der Waals surface area contributed by atoms with Crippen LogP contribution in [-0.2, 0) is 0 Å². The minimum atomic E-state index is 0.709. The van der Waals surface area contributed by atoms with Crippen LogP contribution in [-0.4, -0.2) is 5.71 Å². The van der Waals surface area contributed by atoms with Gasteiger partial charge in [0.2, 0.25) is 0 Å². The summed E-state index contributed by atoms with van der Waals surface area (Å²) in [6.07, 6.45) is 2.50. The second-order valence-electron chi connectivity index (χ2n) is 2.43. The highest BCUT2D eigenvalue weighted by molar-refractivity contribution is 6.01. The van der Waals surface area contributed by atoms with E-state index in [1.165, 1.54) is 0 Å². The molecule has 0 fully saturated rings. The average Bonchev–Trinajstić information content (AvgIpc) is 2.15. The number of nitrogens with zero attached hydrogens (tertiary/aromatic N) is 1. The lowest BCUT2D eigenvalue weighted by atomic mass is 10.1. The highest BCUT2D eigenvalue weighted by Gasteiger charge is 1.98. The van der Waals surface area contributed by atoms with Crippen molar-refractivity contribution in [1.29, 1.82) is 0 Å². The molecule has 0 aliphatic carbocycles. The van der Waals surface area contributed by atoms with Crippen LogP contribution in [0.25, 0.3) is 0 Å². The molecule has 2 heteroatoms. The Morgan fingerprint density at radius 1 is 1.42 bits per heavy atom. The van der Waals surface area contributed by atoms with E-state index in [0.717, 1.165) is 11.3 Å². The lowest BCUT2D eigenvalue weighted by molar-refractivity contribution is 1.21. The van der Waals surface area contributed by atoms with Crippen LogP contribution in [0.15, 0.2) is 48.1 Å². The molecule has 0 atom stereocenters. The normalized spacial score (nSPS) is 11.2. The van der Waals surface area contributed by atoms with Gasteiger partial charge in [-0.1, -0.05) is 36.4 Å². The summed E-state index contributed by atoms with van der Waals surface area (Å²) in [7, 11) is 0. The zero-order chi connectivity index (χ0) is 8.81. The van der Waals surface area contributed by atoms with Crippen LogP contribution < -0.4 is 5.84 Å². The molecule has 0 radical (unpaired) electrons. The molecule has 0 unspecified atom stereocenters. The number of rotatable bonds is 3. The van der Waals surface area contributed by atoms with Gasteiger partial charge in [0, 0.05) is 6.42 Å². The number of hydrogen-bond donors (Lipinski definition) is 1. The number of hydrazone groups is 1. The minimum Gasteiger partial charge on any atom is -0.323 e. The maximum absolute atomic E-state index is 5.23. The molecule has 1 aromatic carbocycles. The molecular weight excluding hydrogens is 148 g/mol. The van der Waals surface area contributed by atoms with Gasteiger partial charge in [-0.3, -0.25) is 0 Å². The molecule has 1 rings (SSSR count). The molecule has 0 amide bonds. The first-order chi connectivity index (χ1) is 5.88. The zero-order valence-electron chi connectivity index (χ0n) is 6.90. The van der Waals surface area contributed by atoms with Crippen molar-refractivity contribution in [3.8, 4) is 0 Å². The Labute approximate surface area is 72.4 Å². The fraction of sp³-hybridized carbons (Fsp3) is 0.100. The standard InChI is InChI=1S/C10H12N2/c1-2-6-10(12-11)9-7-4-3-5-8-9/h2-5,7-8H,1,6,11H2/b12-10-. The predicted octanol–water partition coefficient (Wildman–Crippen LogP) is 1.93. The number of allylic oxidation sites excluding steroid dienone is 1. The first-order valence-electron chi connectivity index (χ1n) is 3.81. The van der Waals surface area contributed by atoms with Gasteiger partial charge in [0.05, 0.1) is 5.71 Å². The minimum absolute atomic E-state index is 0.709. The summed E-state index contributed by atoms with van der Waals surface area (Å²) in [6, 6.07) is 9.85. The summed E-state index contributed by atoms with van der Waals surface area (Å²) in [4.78, 5) is 0. The zero-order valence-corrected chi connectivity index (χ0v) is 6.90. The van der Waals surface area contributed by atoms with E-state index >= 15 is 0 Å². The van der Waals surface area contributed by atoms with Crippen molar-refractivity contribution in [2.24, 2.45) is 10.9 Å². The maximum Gasteiger partial charge on any atom is 0.0710 e. The Kier molecular flexibility index (Phi) is 3.08. The van der Waals surface area contributed by atoms with E-state index in [0.29, 0.717) is 6.42 Å². The van der Waals surface area contributed by atoms with Gasteiger partial charge in [-0.25, -0.2) is 0 Å². The topological polar surface area (TPSA) is 38.4 Å². The Morgan fingerprint density at radius 3 is 2.58 bits per heavy atom. The third-order valence-electron chi connectivity index (χ3n) is 1.60. The molecular formula is C10H12N2. The van der Waals surface area contributed by atoms with Crippen LogP contribution in [0.3, 0.4) is 0 Å². The Morgan fingerprint density at radius 2 is 2.08 bits per heavy atom. The summed E-state index contributed by atoms with van der Waals surface area (Å²) >= 11 is 0. The van der Waals surface area contributed by atoms with Crippen molar-refractivity contribution in [2.75, 3.05) is 0 Å². The molecule has 0 saturated heterocycles. The van der Waals surface area contributed by atoms with Gasteiger partial charge in [0.15, 0.2) is 0 Å². The molecule has 0 bridgehead atoms. The third-order valence-corrected chi connectivity index (χ3v) is 1.60. The quantitative estimate of drug-likeness (QED) is 0.312. The average molecular weight is 160 g/mol. The van der Waals surface area contributed by atoms with Crippen molar-refractivity contribution < 1.29 is 0 Å². The van der Waals surface area contributed by atoms with Gasteiger partial charge in [0.25, 0.3) is 0 Å². The second kappa shape index (κ2) is 4.34. The van der Waals surface area contributed by atoms with Crippen molar-refractivity contribution in [1.82, 2.24) is 0 Å². The van der Waals surface area contributed by atoms with Crippen LogP contribution in [0.4, 0.5) is 0 Å². The molecule has 2 nitrogen and oxygen atoms in total. The third kappa shape index (κ3) is 1.95. The summed E-state index contributed by atoms with van der Waals surface area (Å²) in [5, 5.41) is 3.69. The highest BCUT2D eigenvalue weighted by atomic mass is 15.1. The number of hydrogen-bond acceptors (Lipinski definition) is 2. The number of nitrogens with two attached hydrogens (primary N) is 1. The molecule has 0 aromatic heterocycles. The summed E-state index contributed by atoms with van der Waals surface area (Å²) in [5.74, 6) is 5.23. The van der Waals surface area contributed by atoms with Gasteiger partial charge in [-0.2, -0.15) is 5.10 Å². The van der Waals surface area contributed by atoms with Crippen molar-refractivity contribution >= 4 is 5.71 Å². The Balaban J connectivity index is 2.88. The Bertz CT molecular complexity index is 275. The smallest absolute Gasteiger partial charge is 0.0710 e. The van der Waals surface area contributed by atoms with E-state index in [-0.39, 0.29) is 0 Å². The monoisotopic (exact) mass is 160 g/mol. The van der Waals surface area contributed by atoms with Crippen LogP contribution in [0.2, 0.25) is 0 Å². The van der Waals surface area contributed by atoms with Crippen molar-refractivity contribution in [3.05, 3.63) is 48.6 Å². The molecule has 0 spiro atoms. The lowest BCUT2D eigenvalue weighted by Gasteiger charge is -2.00. The van der Waals surface area contributed by atoms with E-state index in [1.54, 1.807) is 6.08 Å². The van der Waals surface area contributed by atoms with Crippen LogP contribution in [0.5, 0.6) is 0 Å². The van der Waals surface area contributed by atoms with E-state index in [4.69, 9.17) is 5.84 Å². The van der Waals surface area contributed by atoms with Gasteiger partial charge < -0.3 is 5.84 Å². The first-order valence-corrected chi connectivity index (χ1v) is 3.81. The second-order valence-corrected chi connectivity index (χ2v) is 2.43. The summed E-state index contributed by atoms with van der Waals surface area (Å²) < 4.78 is 0. The summed E-state index contributed by atoms with van der Waals surface area (Å²) in [5.41, 5.74) is 1.92. The fourth-order valence-electron chi connectivity index (χ4n) is 1.01. The fourth-order valence-corrected chi connectivity index (χ4v) is 1.01. The van der Waals surface area contributed by atoms with E-state index in [1.807, 2.05) is 30.3 Å². The van der Waals surface area contributed by atoms with E-state index < -0.39 is 0 Å². The first kappa shape index (κ1) is 8.53. The van der Waals surface area contributed by atoms with Crippen LogP contribution in [0, 0.1) is 0 Å². The molecule has 0 aliphatic heterocycles. The van der Waals surface area contributed by atoms with Crippen LogP contribution in [0.1, 0.15) is 12.0 Å². The number of benzene rings is 1. The Hall–Kier alpha value is -1.57. The van der Waals surface area contributed by atoms with Gasteiger partial charge in [-0.15, -0.1) is 6.58 Å². The molecule has 2 N–H and O–H groups in total. The maximum atomic E-state index is 5.23. The van der Waals surface area contributed by atoms with E-state index in [2.05, 4.69) is 11.7 Å². The van der Waals surface area contributed by atoms with E-state index in [9.17, 15) is 0 Å². The SMILES string of the molecule is C=CC/C(=N/N)c1ccccc1. The molecule has 0 aliphatic rings. The molecule has 0 saturated carbocycles. The lowest BCUT2D eigenvalue weighted by Crippen LogP contribution is -2.02. The molecule has 62 valence electrons. The van der Waals surface area contributed by atoms with Crippen molar-refractivity contribution in [2.45, 2.75) is 6.42 Å². The van der Waals surface area contributed by atoms with Gasteiger partial charge in [-0.05, 0) is 5.56 Å².